The quantitative estimate of drug-likeness (QED) is 0.675. The van der Waals surface area contributed by atoms with E-state index in [0.717, 1.165) is 19.3 Å². The van der Waals surface area contributed by atoms with Gasteiger partial charge in [0.25, 0.3) is 5.91 Å². The second-order valence-corrected chi connectivity index (χ2v) is 9.02. The number of carbonyl (C=O) groups excluding carboxylic acids is 2. The highest BCUT2D eigenvalue weighted by atomic mass is 32.2. The van der Waals surface area contributed by atoms with Gasteiger partial charge in [0.15, 0.2) is 23.1 Å². The SMILES string of the molecule is CN(C(=O)COC(=O)COc1ccc2c(c1)CCC2)[C@@H]1CCS(=O)(=O)C1. The Morgan fingerprint density at radius 3 is 2.69 bits per heavy atom. The van der Waals surface area contributed by atoms with E-state index in [2.05, 4.69) is 0 Å². The van der Waals surface area contributed by atoms with Crippen molar-refractivity contribution in [2.24, 2.45) is 0 Å². The standard InChI is InChI=1S/C18H23NO6S/c1-19(15-7-8-26(22,23)12-15)17(20)10-25-18(21)11-24-16-6-5-13-3-2-4-14(13)9-16/h5-6,9,15H,2-4,7-8,10-12H2,1H3/t15-/m1/s1. The van der Waals surface area contributed by atoms with Gasteiger partial charge in [-0.05, 0) is 48.9 Å². The molecule has 1 aromatic rings. The fourth-order valence-corrected chi connectivity index (χ4v) is 5.12. The molecular weight excluding hydrogens is 358 g/mol. The molecule has 0 unspecified atom stereocenters. The first-order chi connectivity index (χ1) is 12.3. The van der Waals surface area contributed by atoms with Crippen LogP contribution < -0.4 is 4.74 Å². The topological polar surface area (TPSA) is 90.0 Å². The molecule has 1 aliphatic heterocycles. The van der Waals surface area contributed by atoms with Crippen molar-refractivity contribution in [3.63, 3.8) is 0 Å². The molecule has 1 aliphatic carbocycles. The number of benzene rings is 1. The fourth-order valence-electron chi connectivity index (χ4n) is 3.35. The Bertz CT molecular complexity index is 804. The number of likely N-dealkylation sites (N-methyl/N-ethyl adjacent to an activating group) is 1. The Balaban J connectivity index is 1.41. The monoisotopic (exact) mass is 381 g/mol. The third-order valence-electron chi connectivity index (χ3n) is 4.93. The van der Waals surface area contributed by atoms with Gasteiger partial charge in [-0.3, -0.25) is 4.79 Å². The summed E-state index contributed by atoms with van der Waals surface area (Å²) < 4.78 is 33.3. The van der Waals surface area contributed by atoms with Gasteiger partial charge < -0.3 is 14.4 Å². The zero-order valence-corrected chi connectivity index (χ0v) is 15.6. The second-order valence-electron chi connectivity index (χ2n) is 6.79. The fraction of sp³-hybridized carbons (Fsp3) is 0.556. The largest absolute Gasteiger partial charge is 0.482 e. The van der Waals surface area contributed by atoms with Gasteiger partial charge in [0.05, 0.1) is 11.5 Å². The zero-order chi connectivity index (χ0) is 18.7. The highest BCUT2D eigenvalue weighted by Crippen LogP contribution is 2.26. The number of amides is 1. The molecule has 1 atom stereocenters. The Hall–Kier alpha value is -2.09. The van der Waals surface area contributed by atoms with Crippen molar-refractivity contribution in [3.8, 4) is 5.75 Å². The van der Waals surface area contributed by atoms with Crippen LogP contribution in [0, 0.1) is 0 Å². The molecule has 0 radical (unpaired) electrons. The first-order valence-corrected chi connectivity index (χ1v) is 10.5. The lowest BCUT2D eigenvalue weighted by Crippen LogP contribution is -2.40. The van der Waals surface area contributed by atoms with E-state index < -0.39 is 28.3 Å². The van der Waals surface area contributed by atoms with Gasteiger partial charge in [0.1, 0.15) is 5.75 Å². The van der Waals surface area contributed by atoms with Gasteiger partial charge in [0, 0.05) is 13.1 Å². The number of esters is 1. The molecule has 26 heavy (non-hydrogen) atoms. The number of aryl methyl sites for hydroxylation is 2. The van der Waals surface area contributed by atoms with Crippen molar-refractivity contribution < 1.29 is 27.5 Å². The lowest BCUT2D eigenvalue weighted by Gasteiger charge is -2.23. The van der Waals surface area contributed by atoms with Gasteiger partial charge in [-0.25, -0.2) is 13.2 Å². The molecule has 0 bridgehead atoms. The molecule has 1 heterocycles. The molecule has 2 aliphatic rings. The molecule has 142 valence electrons. The summed E-state index contributed by atoms with van der Waals surface area (Å²) in [5.41, 5.74) is 2.57. The minimum Gasteiger partial charge on any atom is -0.482 e. The smallest absolute Gasteiger partial charge is 0.344 e. The van der Waals surface area contributed by atoms with E-state index in [0.29, 0.717) is 12.2 Å². The second kappa shape index (κ2) is 7.65. The van der Waals surface area contributed by atoms with Crippen LogP contribution in [0.3, 0.4) is 0 Å². The number of fused-ring (bicyclic) bond motifs is 1. The molecule has 0 spiro atoms. The summed E-state index contributed by atoms with van der Waals surface area (Å²) in [4.78, 5) is 25.2. The number of carbonyl (C=O) groups is 2. The highest BCUT2D eigenvalue weighted by molar-refractivity contribution is 7.91. The molecule has 1 fully saturated rings. The molecule has 8 heteroatoms. The number of hydrogen-bond donors (Lipinski definition) is 0. The minimum atomic E-state index is -3.07. The summed E-state index contributed by atoms with van der Waals surface area (Å²) in [6.07, 6.45) is 3.66. The Kier molecular flexibility index (Phi) is 5.50. The maximum Gasteiger partial charge on any atom is 0.344 e. The average molecular weight is 381 g/mol. The number of nitrogens with zero attached hydrogens (tertiary/aromatic N) is 1. The van der Waals surface area contributed by atoms with Crippen molar-refractivity contribution in [1.82, 2.24) is 4.90 Å². The van der Waals surface area contributed by atoms with Crippen LogP contribution in [0.5, 0.6) is 5.75 Å². The van der Waals surface area contributed by atoms with Crippen LogP contribution in [0.4, 0.5) is 0 Å². The van der Waals surface area contributed by atoms with Gasteiger partial charge in [0.2, 0.25) is 0 Å². The van der Waals surface area contributed by atoms with Gasteiger partial charge >= 0.3 is 5.97 Å². The van der Waals surface area contributed by atoms with Crippen molar-refractivity contribution in [3.05, 3.63) is 29.3 Å². The van der Waals surface area contributed by atoms with E-state index in [-0.39, 0.29) is 24.2 Å². The van der Waals surface area contributed by atoms with Gasteiger partial charge in [-0.2, -0.15) is 0 Å². The predicted molar refractivity (Wildman–Crippen MR) is 94.7 cm³/mol. The predicted octanol–water partition coefficient (Wildman–Crippen LogP) is 0.743. The van der Waals surface area contributed by atoms with Crippen LogP contribution in [0.15, 0.2) is 18.2 Å². The molecule has 7 nitrogen and oxygen atoms in total. The maximum atomic E-state index is 12.1. The normalized spacial score (nSPS) is 20.4. The molecular formula is C18H23NO6S. The summed E-state index contributed by atoms with van der Waals surface area (Å²) in [6, 6.07) is 5.43. The van der Waals surface area contributed by atoms with E-state index in [1.54, 1.807) is 0 Å². The summed E-state index contributed by atoms with van der Waals surface area (Å²) in [6.45, 7) is -0.687. The summed E-state index contributed by atoms with van der Waals surface area (Å²) in [7, 11) is -1.54. The van der Waals surface area contributed by atoms with Crippen LogP contribution in [0.25, 0.3) is 0 Å². The summed E-state index contributed by atoms with van der Waals surface area (Å²) in [5, 5.41) is 0. The third kappa shape index (κ3) is 4.55. The number of rotatable bonds is 6. The van der Waals surface area contributed by atoms with Crippen molar-refractivity contribution in [1.29, 1.82) is 0 Å². The van der Waals surface area contributed by atoms with Crippen LogP contribution >= 0.6 is 0 Å². The Labute approximate surface area is 153 Å². The van der Waals surface area contributed by atoms with Crippen molar-refractivity contribution in [2.45, 2.75) is 31.7 Å². The van der Waals surface area contributed by atoms with Gasteiger partial charge in [-0.1, -0.05) is 6.07 Å². The lowest BCUT2D eigenvalue weighted by molar-refractivity contribution is -0.153. The molecule has 0 saturated carbocycles. The number of sulfone groups is 1. The summed E-state index contributed by atoms with van der Waals surface area (Å²) in [5.74, 6) is -0.389. The number of hydrogen-bond acceptors (Lipinski definition) is 6. The van der Waals surface area contributed by atoms with Crippen LogP contribution in [-0.4, -0.2) is 63.0 Å². The minimum absolute atomic E-state index is 0.0371. The third-order valence-corrected chi connectivity index (χ3v) is 6.68. The van der Waals surface area contributed by atoms with E-state index in [1.165, 1.54) is 23.1 Å². The Morgan fingerprint density at radius 1 is 1.19 bits per heavy atom. The zero-order valence-electron chi connectivity index (χ0n) is 14.8. The van der Waals surface area contributed by atoms with E-state index in [1.807, 2.05) is 18.2 Å². The highest BCUT2D eigenvalue weighted by Gasteiger charge is 2.32. The average Bonchev–Trinajstić information content (AvgIpc) is 3.22. The summed E-state index contributed by atoms with van der Waals surface area (Å²) >= 11 is 0. The molecule has 0 aromatic heterocycles. The van der Waals surface area contributed by atoms with Gasteiger partial charge in [-0.15, -0.1) is 0 Å². The Morgan fingerprint density at radius 2 is 1.96 bits per heavy atom. The molecule has 1 amide bonds. The number of ether oxygens (including phenoxy) is 2. The van der Waals surface area contributed by atoms with E-state index >= 15 is 0 Å². The molecule has 1 aromatic carbocycles. The molecule has 3 rings (SSSR count). The molecule has 1 saturated heterocycles. The maximum absolute atomic E-state index is 12.1. The van der Waals surface area contributed by atoms with Crippen molar-refractivity contribution in [2.75, 3.05) is 31.8 Å². The van der Waals surface area contributed by atoms with E-state index in [9.17, 15) is 18.0 Å². The first-order valence-electron chi connectivity index (χ1n) is 8.70. The van der Waals surface area contributed by atoms with Crippen LogP contribution in [0.1, 0.15) is 24.0 Å². The van der Waals surface area contributed by atoms with Crippen LogP contribution in [-0.2, 0) is 37.0 Å². The van der Waals surface area contributed by atoms with E-state index in [4.69, 9.17) is 9.47 Å². The lowest BCUT2D eigenvalue weighted by atomic mass is 10.1. The first kappa shape index (κ1) is 18.7. The van der Waals surface area contributed by atoms with Crippen molar-refractivity contribution >= 4 is 21.7 Å². The van der Waals surface area contributed by atoms with Crippen LogP contribution in [0.2, 0.25) is 0 Å². The molecule has 0 N–H and O–H groups in total.